The quantitative estimate of drug-likeness (QED) is 0.836. The van der Waals surface area contributed by atoms with Crippen LogP contribution in [0.25, 0.3) is 10.6 Å². The van der Waals surface area contributed by atoms with Gasteiger partial charge in [-0.2, -0.15) is 0 Å². The Hall–Kier alpha value is -1.13. The van der Waals surface area contributed by atoms with Crippen molar-refractivity contribution in [2.24, 2.45) is 5.73 Å². The number of thiazole rings is 1. The largest absolute Gasteiger partial charge is 0.367 e. The van der Waals surface area contributed by atoms with Crippen molar-refractivity contribution < 1.29 is 0 Å². The fourth-order valence-electron chi connectivity index (χ4n) is 1.55. The molecule has 0 bridgehead atoms. The van der Waals surface area contributed by atoms with Crippen LogP contribution in [0, 0.1) is 6.92 Å². The van der Waals surface area contributed by atoms with Crippen molar-refractivity contribution in [1.29, 1.82) is 0 Å². The zero-order chi connectivity index (χ0) is 10.8. The van der Waals surface area contributed by atoms with Gasteiger partial charge in [0.15, 0.2) is 0 Å². The van der Waals surface area contributed by atoms with Gasteiger partial charge in [-0.25, -0.2) is 4.98 Å². The van der Waals surface area contributed by atoms with E-state index in [1.54, 1.807) is 11.3 Å². The van der Waals surface area contributed by atoms with E-state index in [9.17, 15) is 0 Å². The van der Waals surface area contributed by atoms with Crippen LogP contribution in [0.1, 0.15) is 23.4 Å². The van der Waals surface area contributed by atoms with E-state index in [0.717, 1.165) is 16.3 Å². The first-order chi connectivity index (χ1) is 7.22. The van der Waals surface area contributed by atoms with E-state index in [4.69, 9.17) is 5.73 Å². The third-order valence-corrected chi connectivity index (χ3v) is 3.92. The van der Waals surface area contributed by atoms with E-state index < -0.39 is 0 Å². The van der Waals surface area contributed by atoms with Crippen molar-refractivity contribution in [3.8, 4) is 10.6 Å². The van der Waals surface area contributed by atoms with Gasteiger partial charge in [0, 0.05) is 28.8 Å². The molecule has 0 spiro atoms. The van der Waals surface area contributed by atoms with Crippen LogP contribution in [-0.2, 0) is 0 Å². The second-order valence-corrected chi connectivity index (χ2v) is 4.74. The maximum absolute atomic E-state index is 5.67. The predicted octanol–water partition coefficient (Wildman–Crippen LogP) is 2.51. The maximum Gasteiger partial charge on any atom is 0.125 e. The lowest BCUT2D eigenvalue weighted by molar-refractivity contribution is 0.780. The van der Waals surface area contributed by atoms with E-state index in [-0.39, 0.29) is 0 Å². The number of nitrogens with two attached hydrogens (primary N) is 1. The standard InChI is InChI=1S/C11H15N3S/c1-7(5-12)10-8(2)14-11(15-10)9-3-4-13-6-9/h3-4,6-7,13H,5,12H2,1-2H3. The van der Waals surface area contributed by atoms with Crippen LogP contribution in [0.15, 0.2) is 18.5 Å². The minimum atomic E-state index is 0.398. The highest BCUT2D eigenvalue weighted by Crippen LogP contribution is 2.31. The Labute approximate surface area is 93.4 Å². The first-order valence-electron chi connectivity index (χ1n) is 5.03. The fraction of sp³-hybridized carbons (Fsp3) is 0.364. The van der Waals surface area contributed by atoms with Crippen molar-refractivity contribution in [3.63, 3.8) is 0 Å². The van der Waals surface area contributed by atoms with Gasteiger partial charge in [-0.15, -0.1) is 11.3 Å². The molecule has 1 atom stereocenters. The number of aryl methyl sites for hydroxylation is 1. The summed E-state index contributed by atoms with van der Waals surface area (Å²) in [5, 5.41) is 1.07. The third-order valence-electron chi connectivity index (χ3n) is 2.48. The summed E-state index contributed by atoms with van der Waals surface area (Å²) >= 11 is 1.74. The highest BCUT2D eigenvalue weighted by Gasteiger charge is 2.13. The first kappa shape index (κ1) is 10.4. The number of nitrogens with zero attached hydrogens (tertiary/aromatic N) is 1. The normalized spacial score (nSPS) is 13.0. The number of nitrogens with one attached hydrogen (secondary N) is 1. The van der Waals surface area contributed by atoms with E-state index in [0.29, 0.717) is 12.5 Å². The molecule has 0 radical (unpaired) electrons. The lowest BCUT2D eigenvalue weighted by Crippen LogP contribution is -2.08. The summed E-state index contributed by atoms with van der Waals surface area (Å²) in [4.78, 5) is 8.91. The molecule has 0 aromatic carbocycles. The molecular formula is C11H15N3S. The molecule has 2 heterocycles. The number of aromatic amines is 1. The topological polar surface area (TPSA) is 54.7 Å². The van der Waals surface area contributed by atoms with Crippen LogP contribution in [0.5, 0.6) is 0 Å². The van der Waals surface area contributed by atoms with Crippen molar-refractivity contribution in [2.75, 3.05) is 6.54 Å². The molecule has 80 valence electrons. The van der Waals surface area contributed by atoms with Gasteiger partial charge in [-0.3, -0.25) is 0 Å². The van der Waals surface area contributed by atoms with Gasteiger partial charge in [0.05, 0.1) is 5.69 Å². The van der Waals surface area contributed by atoms with Gasteiger partial charge in [-0.1, -0.05) is 6.92 Å². The summed E-state index contributed by atoms with van der Waals surface area (Å²) in [6.07, 6.45) is 3.88. The monoisotopic (exact) mass is 221 g/mol. The second kappa shape index (κ2) is 4.16. The second-order valence-electron chi connectivity index (χ2n) is 3.71. The first-order valence-corrected chi connectivity index (χ1v) is 5.84. The lowest BCUT2D eigenvalue weighted by Gasteiger charge is -2.04. The van der Waals surface area contributed by atoms with Crippen LogP contribution < -0.4 is 5.73 Å². The molecular weight excluding hydrogens is 206 g/mol. The Balaban J connectivity index is 2.37. The Kier molecular flexibility index (Phi) is 2.88. The number of rotatable bonds is 3. The predicted molar refractivity (Wildman–Crippen MR) is 64.1 cm³/mol. The van der Waals surface area contributed by atoms with E-state index >= 15 is 0 Å². The molecule has 4 heteroatoms. The van der Waals surface area contributed by atoms with Gasteiger partial charge in [0.2, 0.25) is 0 Å². The summed E-state index contributed by atoms with van der Waals surface area (Å²) in [5.74, 6) is 0.398. The Morgan fingerprint density at radius 1 is 1.60 bits per heavy atom. The molecule has 0 fully saturated rings. The van der Waals surface area contributed by atoms with Crippen LogP contribution in [0.2, 0.25) is 0 Å². The summed E-state index contributed by atoms with van der Waals surface area (Å²) < 4.78 is 0. The molecule has 3 N–H and O–H groups in total. The van der Waals surface area contributed by atoms with Crippen molar-refractivity contribution in [2.45, 2.75) is 19.8 Å². The summed E-state index contributed by atoms with van der Waals surface area (Å²) in [7, 11) is 0. The van der Waals surface area contributed by atoms with Crippen molar-refractivity contribution in [1.82, 2.24) is 9.97 Å². The molecule has 2 rings (SSSR count). The number of H-pyrrole nitrogens is 1. The zero-order valence-electron chi connectivity index (χ0n) is 8.95. The summed E-state index contributed by atoms with van der Waals surface area (Å²) in [5.41, 5.74) is 7.93. The SMILES string of the molecule is Cc1nc(-c2cc[nH]c2)sc1C(C)CN. The summed E-state index contributed by atoms with van der Waals surface area (Å²) in [6, 6.07) is 2.04. The van der Waals surface area contributed by atoms with E-state index in [1.165, 1.54) is 4.88 Å². The third kappa shape index (κ3) is 1.96. The van der Waals surface area contributed by atoms with Gasteiger partial charge < -0.3 is 10.7 Å². The lowest BCUT2D eigenvalue weighted by atomic mass is 10.1. The smallest absolute Gasteiger partial charge is 0.125 e. The number of aromatic nitrogens is 2. The average Bonchev–Trinajstić information content (AvgIpc) is 2.84. The molecule has 2 aromatic heterocycles. The number of hydrogen-bond donors (Lipinski definition) is 2. The minimum Gasteiger partial charge on any atom is -0.367 e. The Morgan fingerprint density at radius 3 is 3.00 bits per heavy atom. The highest BCUT2D eigenvalue weighted by molar-refractivity contribution is 7.15. The molecule has 3 nitrogen and oxygen atoms in total. The number of hydrogen-bond acceptors (Lipinski definition) is 3. The maximum atomic E-state index is 5.67. The van der Waals surface area contributed by atoms with Crippen molar-refractivity contribution >= 4 is 11.3 Å². The molecule has 15 heavy (non-hydrogen) atoms. The molecule has 0 aliphatic rings. The van der Waals surface area contributed by atoms with Crippen LogP contribution in [0.3, 0.4) is 0 Å². The average molecular weight is 221 g/mol. The minimum absolute atomic E-state index is 0.398. The molecule has 0 aliphatic heterocycles. The van der Waals surface area contributed by atoms with Crippen LogP contribution in [0.4, 0.5) is 0 Å². The highest BCUT2D eigenvalue weighted by atomic mass is 32.1. The summed E-state index contributed by atoms with van der Waals surface area (Å²) in [6.45, 7) is 4.87. The molecule has 0 saturated heterocycles. The molecule has 1 unspecified atom stereocenters. The van der Waals surface area contributed by atoms with E-state index in [1.807, 2.05) is 25.4 Å². The molecule has 0 aliphatic carbocycles. The fourth-order valence-corrected chi connectivity index (χ4v) is 2.68. The molecule has 2 aromatic rings. The molecule has 0 amide bonds. The van der Waals surface area contributed by atoms with E-state index in [2.05, 4.69) is 16.9 Å². The van der Waals surface area contributed by atoms with Gasteiger partial charge in [0.1, 0.15) is 5.01 Å². The van der Waals surface area contributed by atoms with Gasteiger partial charge in [-0.05, 0) is 19.5 Å². The molecule has 0 saturated carbocycles. The van der Waals surface area contributed by atoms with Gasteiger partial charge >= 0.3 is 0 Å². The Morgan fingerprint density at radius 2 is 2.40 bits per heavy atom. The van der Waals surface area contributed by atoms with Crippen molar-refractivity contribution in [3.05, 3.63) is 29.0 Å². The Bertz CT molecular complexity index is 431. The zero-order valence-corrected chi connectivity index (χ0v) is 9.77. The van der Waals surface area contributed by atoms with Crippen LogP contribution in [-0.4, -0.2) is 16.5 Å². The van der Waals surface area contributed by atoms with Crippen LogP contribution >= 0.6 is 11.3 Å². The van der Waals surface area contributed by atoms with Gasteiger partial charge in [0.25, 0.3) is 0 Å².